The molecule has 3 rings (SSSR count). The molecule has 5 heteroatoms. The molecule has 1 aliphatic heterocycles. The van der Waals surface area contributed by atoms with Crippen molar-refractivity contribution in [3.05, 3.63) is 71.8 Å². The molecular formula is C24H30N2O3. The van der Waals surface area contributed by atoms with Crippen LogP contribution in [0.25, 0.3) is 0 Å². The Hall–Kier alpha value is -2.82. The Balaban J connectivity index is 1.58. The fourth-order valence-corrected chi connectivity index (χ4v) is 4.11. The maximum absolute atomic E-state index is 12.4. The topological polar surface area (TPSA) is 58.6 Å². The van der Waals surface area contributed by atoms with Gasteiger partial charge >= 0.3 is 6.09 Å². The van der Waals surface area contributed by atoms with Crippen LogP contribution in [0.15, 0.2) is 60.7 Å². The predicted molar refractivity (Wildman–Crippen MR) is 113 cm³/mol. The van der Waals surface area contributed by atoms with E-state index in [1.807, 2.05) is 65.6 Å². The van der Waals surface area contributed by atoms with Crippen LogP contribution in [0.4, 0.5) is 4.79 Å². The number of likely N-dealkylation sites (tertiary alicyclic amines) is 1. The molecule has 0 spiro atoms. The largest absolute Gasteiger partial charge is 0.445 e. The van der Waals surface area contributed by atoms with Gasteiger partial charge in [-0.2, -0.15) is 0 Å². The molecule has 2 aromatic rings. The molecule has 5 nitrogen and oxygen atoms in total. The summed E-state index contributed by atoms with van der Waals surface area (Å²) >= 11 is 0. The summed E-state index contributed by atoms with van der Waals surface area (Å²) < 4.78 is 5.41. The van der Waals surface area contributed by atoms with E-state index in [2.05, 4.69) is 19.2 Å². The zero-order valence-corrected chi connectivity index (χ0v) is 17.2. The van der Waals surface area contributed by atoms with Gasteiger partial charge in [0, 0.05) is 12.1 Å². The zero-order valence-electron chi connectivity index (χ0n) is 17.2. The molecule has 1 heterocycles. The lowest BCUT2D eigenvalue weighted by molar-refractivity contribution is -0.120. The molecule has 2 amide bonds. The Morgan fingerprint density at radius 2 is 1.83 bits per heavy atom. The van der Waals surface area contributed by atoms with Crippen LogP contribution in [0.3, 0.4) is 0 Å². The molecule has 2 unspecified atom stereocenters. The molecule has 1 N–H and O–H groups in total. The van der Waals surface area contributed by atoms with Gasteiger partial charge in [-0.25, -0.2) is 4.79 Å². The molecule has 0 aliphatic carbocycles. The minimum absolute atomic E-state index is 0.100. The van der Waals surface area contributed by atoms with E-state index in [0.29, 0.717) is 5.92 Å². The normalized spacial score (nSPS) is 18.8. The van der Waals surface area contributed by atoms with Crippen molar-refractivity contribution in [2.75, 3.05) is 6.54 Å². The van der Waals surface area contributed by atoms with Gasteiger partial charge in [-0.05, 0) is 50.2 Å². The Kier molecular flexibility index (Phi) is 6.91. The van der Waals surface area contributed by atoms with Crippen LogP contribution in [-0.4, -0.2) is 29.5 Å². The first-order chi connectivity index (χ1) is 14.0. The first-order valence-corrected chi connectivity index (χ1v) is 10.2. The van der Waals surface area contributed by atoms with Crippen LogP contribution in [0.5, 0.6) is 0 Å². The molecule has 0 saturated carbocycles. The van der Waals surface area contributed by atoms with E-state index in [-0.39, 0.29) is 18.2 Å². The number of rotatable bonds is 8. The minimum Gasteiger partial charge on any atom is -0.445 e. The number of hydrogen-bond acceptors (Lipinski definition) is 3. The van der Waals surface area contributed by atoms with Gasteiger partial charge in [0.05, 0.1) is 6.04 Å². The first kappa shape index (κ1) is 20.9. The highest BCUT2D eigenvalue weighted by Gasteiger charge is 2.37. The van der Waals surface area contributed by atoms with E-state index >= 15 is 0 Å². The molecule has 0 radical (unpaired) electrons. The molecule has 0 bridgehead atoms. The van der Waals surface area contributed by atoms with Crippen LogP contribution >= 0.6 is 0 Å². The van der Waals surface area contributed by atoms with Gasteiger partial charge < -0.3 is 15.0 Å². The lowest BCUT2D eigenvalue weighted by Gasteiger charge is -2.27. The molecule has 1 aliphatic rings. The summed E-state index contributed by atoms with van der Waals surface area (Å²) in [5, 5.41) is 3.03. The molecular weight excluding hydrogens is 364 g/mol. The Morgan fingerprint density at radius 3 is 2.45 bits per heavy atom. The molecule has 1 saturated heterocycles. The monoisotopic (exact) mass is 394 g/mol. The van der Waals surface area contributed by atoms with Crippen molar-refractivity contribution < 1.29 is 14.3 Å². The van der Waals surface area contributed by atoms with Crippen molar-refractivity contribution in [3.63, 3.8) is 0 Å². The summed E-state index contributed by atoms with van der Waals surface area (Å²) in [6.45, 7) is 5.24. The third-order valence-electron chi connectivity index (χ3n) is 5.72. The molecule has 1 fully saturated rings. The first-order valence-electron chi connectivity index (χ1n) is 10.2. The van der Waals surface area contributed by atoms with Gasteiger partial charge in [-0.1, -0.05) is 60.7 Å². The number of carbonyl (C=O) groups is 2. The number of alkyl carbamates (subject to hydrolysis) is 1. The van der Waals surface area contributed by atoms with Gasteiger partial charge in [0.15, 0.2) is 0 Å². The van der Waals surface area contributed by atoms with E-state index in [9.17, 15) is 9.59 Å². The smallest absolute Gasteiger partial charge is 0.407 e. The standard InChI is InChI=1S/C24H30N2O3/c1-24(2)15-20(16-26(24)18-27)13-14-22(21-11-7-4-8-12-21)25-23(28)29-17-19-9-5-3-6-10-19/h3-12,18,20,22H,13-17H2,1-2H3,(H,25,28). The number of nitrogens with one attached hydrogen (secondary N) is 1. The van der Waals surface area contributed by atoms with Gasteiger partial charge in [0.2, 0.25) is 6.41 Å². The SMILES string of the molecule is CC1(C)CC(CCC(NC(=O)OCc2ccccc2)c2ccccc2)CN1C=O. The molecule has 0 aromatic heterocycles. The maximum Gasteiger partial charge on any atom is 0.407 e. The Morgan fingerprint density at radius 1 is 1.17 bits per heavy atom. The fourth-order valence-electron chi connectivity index (χ4n) is 4.11. The fraction of sp³-hybridized carbons (Fsp3) is 0.417. The highest BCUT2D eigenvalue weighted by Crippen LogP contribution is 2.35. The maximum atomic E-state index is 12.4. The van der Waals surface area contributed by atoms with Crippen molar-refractivity contribution in [1.82, 2.24) is 10.2 Å². The lowest BCUT2D eigenvalue weighted by atomic mass is 9.90. The summed E-state index contributed by atoms with van der Waals surface area (Å²) in [5.74, 6) is 0.434. The molecule has 2 atom stereocenters. The summed E-state index contributed by atoms with van der Waals surface area (Å²) in [7, 11) is 0. The number of hydrogen-bond donors (Lipinski definition) is 1. The number of ether oxygens (including phenoxy) is 1. The van der Waals surface area contributed by atoms with Crippen molar-refractivity contribution in [2.24, 2.45) is 5.92 Å². The highest BCUT2D eigenvalue weighted by molar-refractivity contribution is 5.68. The molecule has 2 aromatic carbocycles. The van der Waals surface area contributed by atoms with Gasteiger partial charge in [0.1, 0.15) is 6.61 Å². The lowest BCUT2D eigenvalue weighted by Crippen LogP contribution is -2.36. The average Bonchev–Trinajstić information content (AvgIpc) is 3.04. The van der Waals surface area contributed by atoms with Crippen LogP contribution in [0, 0.1) is 5.92 Å². The van der Waals surface area contributed by atoms with Crippen LogP contribution < -0.4 is 5.32 Å². The van der Waals surface area contributed by atoms with E-state index in [4.69, 9.17) is 4.74 Å². The number of benzene rings is 2. The van der Waals surface area contributed by atoms with Crippen LogP contribution in [-0.2, 0) is 16.1 Å². The van der Waals surface area contributed by atoms with Crippen molar-refractivity contribution >= 4 is 12.5 Å². The van der Waals surface area contributed by atoms with E-state index in [0.717, 1.165) is 43.3 Å². The van der Waals surface area contributed by atoms with Crippen molar-refractivity contribution in [3.8, 4) is 0 Å². The van der Waals surface area contributed by atoms with Crippen molar-refractivity contribution in [1.29, 1.82) is 0 Å². The van der Waals surface area contributed by atoms with Crippen molar-refractivity contribution in [2.45, 2.75) is 51.3 Å². The third-order valence-corrected chi connectivity index (χ3v) is 5.72. The van der Waals surface area contributed by atoms with Crippen LogP contribution in [0.1, 0.15) is 50.3 Å². The molecule has 154 valence electrons. The average molecular weight is 395 g/mol. The summed E-state index contributed by atoms with van der Waals surface area (Å²) in [6.07, 6.45) is 3.26. The Bertz CT molecular complexity index is 792. The van der Waals surface area contributed by atoms with E-state index in [1.165, 1.54) is 0 Å². The summed E-state index contributed by atoms with van der Waals surface area (Å²) in [6, 6.07) is 19.5. The number of carbonyl (C=O) groups excluding carboxylic acids is 2. The van der Waals surface area contributed by atoms with Gasteiger partial charge in [-0.15, -0.1) is 0 Å². The zero-order chi connectivity index (χ0) is 20.7. The second-order valence-electron chi connectivity index (χ2n) is 8.39. The number of nitrogens with zero attached hydrogens (tertiary/aromatic N) is 1. The van der Waals surface area contributed by atoms with E-state index < -0.39 is 6.09 Å². The van der Waals surface area contributed by atoms with E-state index in [1.54, 1.807) is 0 Å². The Labute approximate surface area is 173 Å². The summed E-state index contributed by atoms with van der Waals surface area (Å²) in [5.41, 5.74) is 1.92. The predicted octanol–water partition coefficient (Wildman–Crippen LogP) is 4.69. The quantitative estimate of drug-likeness (QED) is 0.661. The second-order valence-corrected chi connectivity index (χ2v) is 8.39. The third kappa shape index (κ3) is 5.83. The van der Waals surface area contributed by atoms with Gasteiger partial charge in [0.25, 0.3) is 0 Å². The summed E-state index contributed by atoms with van der Waals surface area (Å²) in [4.78, 5) is 25.6. The van der Waals surface area contributed by atoms with Crippen LogP contribution in [0.2, 0.25) is 0 Å². The number of amides is 2. The highest BCUT2D eigenvalue weighted by atomic mass is 16.5. The second kappa shape index (κ2) is 9.59. The van der Waals surface area contributed by atoms with Gasteiger partial charge in [-0.3, -0.25) is 4.79 Å². The molecule has 29 heavy (non-hydrogen) atoms. The minimum atomic E-state index is -0.413.